The van der Waals surface area contributed by atoms with E-state index in [0.29, 0.717) is 28.4 Å². The van der Waals surface area contributed by atoms with Gasteiger partial charge in [0, 0.05) is 17.0 Å². The standard InChI is InChI=1S/C20H19ClN4O3S/c21-13-5-7-14(8-6-13)28-11-18-23-20(25-24-18)29-12-19(26)22-16-9-10-27-17-4-2-1-3-15(16)17/h1-8,16H,9-12H2,(H,22,26)(H,23,24,25)/t16-/m1/s1. The van der Waals surface area contributed by atoms with Crippen LogP contribution < -0.4 is 14.8 Å². The van der Waals surface area contributed by atoms with E-state index in [1.807, 2.05) is 24.3 Å². The van der Waals surface area contributed by atoms with Gasteiger partial charge < -0.3 is 14.8 Å². The fraction of sp³-hybridized carbons (Fsp3) is 0.250. The lowest BCUT2D eigenvalue weighted by Crippen LogP contribution is -2.33. The number of fused-ring (bicyclic) bond motifs is 1. The number of rotatable bonds is 7. The Morgan fingerprint density at radius 3 is 2.97 bits per heavy atom. The third-order valence-electron chi connectivity index (χ3n) is 4.33. The minimum atomic E-state index is -0.0690. The maximum atomic E-state index is 12.4. The molecule has 150 valence electrons. The molecular weight excluding hydrogens is 412 g/mol. The molecule has 0 aliphatic carbocycles. The van der Waals surface area contributed by atoms with E-state index in [9.17, 15) is 4.79 Å². The van der Waals surface area contributed by atoms with Gasteiger partial charge in [0.15, 0.2) is 5.82 Å². The highest BCUT2D eigenvalue weighted by Gasteiger charge is 2.22. The van der Waals surface area contributed by atoms with E-state index in [1.54, 1.807) is 24.3 Å². The van der Waals surface area contributed by atoms with Gasteiger partial charge in [-0.1, -0.05) is 41.6 Å². The Morgan fingerprint density at radius 2 is 2.10 bits per heavy atom. The Morgan fingerprint density at radius 1 is 1.28 bits per heavy atom. The quantitative estimate of drug-likeness (QED) is 0.554. The molecule has 0 saturated heterocycles. The normalized spacial score (nSPS) is 15.3. The molecule has 1 aromatic heterocycles. The zero-order chi connectivity index (χ0) is 20.1. The maximum absolute atomic E-state index is 12.4. The van der Waals surface area contributed by atoms with Crippen LogP contribution in [-0.4, -0.2) is 33.4 Å². The third kappa shape index (κ3) is 5.21. The van der Waals surface area contributed by atoms with Crippen molar-refractivity contribution >= 4 is 29.3 Å². The molecule has 0 fully saturated rings. The molecule has 2 heterocycles. The fourth-order valence-corrected chi connectivity index (χ4v) is 3.70. The number of benzene rings is 2. The Balaban J connectivity index is 1.25. The van der Waals surface area contributed by atoms with Crippen molar-refractivity contribution < 1.29 is 14.3 Å². The molecule has 2 aromatic carbocycles. The van der Waals surface area contributed by atoms with E-state index in [2.05, 4.69) is 20.5 Å². The first-order chi connectivity index (χ1) is 14.2. The summed E-state index contributed by atoms with van der Waals surface area (Å²) >= 11 is 7.13. The van der Waals surface area contributed by atoms with Crippen molar-refractivity contribution in [3.63, 3.8) is 0 Å². The molecular formula is C20H19ClN4O3S. The van der Waals surface area contributed by atoms with Crippen LogP contribution in [0.15, 0.2) is 53.7 Å². The molecule has 0 saturated carbocycles. The Hall–Kier alpha value is -2.71. The number of thioether (sulfide) groups is 1. The summed E-state index contributed by atoms with van der Waals surface area (Å²) in [7, 11) is 0. The van der Waals surface area contributed by atoms with Crippen LogP contribution in [0.5, 0.6) is 11.5 Å². The number of para-hydroxylation sites is 1. The predicted octanol–water partition coefficient (Wildman–Crippen LogP) is 3.77. The van der Waals surface area contributed by atoms with Crippen molar-refractivity contribution in [1.29, 1.82) is 0 Å². The summed E-state index contributed by atoms with van der Waals surface area (Å²) in [6.45, 7) is 0.841. The molecule has 1 aliphatic heterocycles. The first-order valence-corrected chi connectivity index (χ1v) is 10.5. The first kappa shape index (κ1) is 19.6. The van der Waals surface area contributed by atoms with E-state index >= 15 is 0 Å². The van der Waals surface area contributed by atoms with Gasteiger partial charge in [0.2, 0.25) is 11.1 Å². The average molecular weight is 431 g/mol. The molecule has 4 rings (SSSR count). The van der Waals surface area contributed by atoms with Crippen molar-refractivity contribution in [3.05, 3.63) is 64.9 Å². The molecule has 0 radical (unpaired) electrons. The van der Waals surface area contributed by atoms with Gasteiger partial charge in [-0.05, 0) is 30.3 Å². The third-order valence-corrected chi connectivity index (χ3v) is 5.43. The summed E-state index contributed by atoms with van der Waals surface area (Å²) in [6.07, 6.45) is 0.750. The Labute approximate surface area is 177 Å². The van der Waals surface area contributed by atoms with Gasteiger partial charge in [-0.15, -0.1) is 5.10 Å². The van der Waals surface area contributed by atoms with Gasteiger partial charge in [0.1, 0.15) is 18.1 Å². The molecule has 1 atom stereocenters. The Kier molecular flexibility index (Phi) is 6.21. The average Bonchev–Trinajstić information content (AvgIpc) is 3.20. The Bertz CT molecular complexity index is 980. The molecule has 0 bridgehead atoms. The van der Waals surface area contributed by atoms with Gasteiger partial charge in [0.25, 0.3) is 0 Å². The van der Waals surface area contributed by atoms with Crippen LogP contribution in [0.4, 0.5) is 0 Å². The topological polar surface area (TPSA) is 89.1 Å². The number of nitrogens with one attached hydrogen (secondary N) is 2. The van der Waals surface area contributed by atoms with Crippen LogP contribution in [0.1, 0.15) is 23.9 Å². The molecule has 7 nitrogen and oxygen atoms in total. The van der Waals surface area contributed by atoms with Gasteiger partial charge in [0.05, 0.1) is 18.4 Å². The number of carbonyl (C=O) groups is 1. The van der Waals surface area contributed by atoms with E-state index < -0.39 is 0 Å². The zero-order valence-electron chi connectivity index (χ0n) is 15.4. The van der Waals surface area contributed by atoms with E-state index in [0.717, 1.165) is 17.7 Å². The van der Waals surface area contributed by atoms with Gasteiger partial charge >= 0.3 is 0 Å². The molecule has 0 unspecified atom stereocenters. The SMILES string of the molecule is O=C(CSc1n[nH]c(COc2ccc(Cl)cc2)n1)N[C@@H]1CCOc2ccccc21. The van der Waals surface area contributed by atoms with Crippen molar-refractivity contribution in [2.75, 3.05) is 12.4 Å². The van der Waals surface area contributed by atoms with Gasteiger partial charge in [-0.2, -0.15) is 0 Å². The van der Waals surface area contributed by atoms with Crippen LogP contribution in [0.3, 0.4) is 0 Å². The zero-order valence-corrected chi connectivity index (χ0v) is 17.0. The number of hydrogen-bond donors (Lipinski definition) is 2. The fourth-order valence-electron chi connectivity index (χ4n) is 2.95. The molecule has 1 amide bonds. The lowest BCUT2D eigenvalue weighted by atomic mass is 10.0. The summed E-state index contributed by atoms with van der Waals surface area (Å²) in [6, 6.07) is 14.8. The largest absolute Gasteiger partial charge is 0.493 e. The minimum absolute atomic E-state index is 0.0384. The number of hydrogen-bond acceptors (Lipinski definition) is 6. The van der Waals surface area contributed by atoms with Gasteiger partial charge in [-0.3, -0.25) is 9.89 Å². The van der Waals surface area contributed by atoms with E-state index in [1.165, 1.54) is 11.8 Å². The van der Waals surface area contributed by atoms with Crippen molar-refractivity contribution in [1.82, 2.24) is 20.5 Å². The molecule has 9 heteroatoms. The second-order valence-corrected chi connectivity index (χ2v) is 7.77. The number of carbonyl (C=O) groups excluding carboxylic acids is 1. The molecule has 1 aliphatic rings. The molecule has 29 heavy (non-hydrogen) atoms. The number of ether oxygens (including phenoxy) is 2. The van der Waals surface area contributed by atoms with E-state index in [4.69, 9.17) is 21.1 Å². The maximum Gasteiger partial charge on any atom is 0.230 e. The van der Waals surface area contributed by atoms with Crippen molar-refractivity contribution in [2.24, 2.45) is 0 Å². The summed E-state index contributed by atoms with van der Waals surface area (Å²) in [4.78, 5) is 16.7. The lowest BCUT2D eigenvalue weighted by Gasteiger charge is -2.26. The highest BCUT2D eigenvalue weighted by atomic mass is 35.5. The molecule has 2 N–H and O–H groups in total. The van der Waals surface area contributed by atoms with E-state index in [-0.39, 0.29) is 24.3 Å². The highest BCUT2D eigenvalue weighted by Crippen LogP contribution is 2.31. The van der Waals surface area contributed by atoms with Crippen LogP contribution in [0.25, 0.3) is 0 Å². The van der Waals surface area contributed by atoms with Crippen molar-refractivity contribution in [3.8, 4) is 11.5 Å². The molecule has 0 spiro atoms. The summed E-state index contributed by atoms with van der Waals surface area (Å²) in [5, 5.41) is 11.2. The summed E-state index contributed by atoms with van der Waals surface area (Å²) in [5.41, 5.74) is 1.01. The summed E-state index contributed by atoms with van der Waals surface area (Å²) in [5.74, 6) is 2.27. The monoisotopic (exact) mass is 430 g/mol. The second kappa shape index (κ2) is 9.19. The molecule has 3 aromatic rings. The van der Waals surface area contributed by atoms with Gasteiger partial charge in [-0.25, -0.2) is 4.98 Å². The first-order valence-electron chi connectivity index (χ1n) is 9.11. The number of aromatic nitrogens is 3. The second-order valence-electron chi connectivity index (χ2n) is 6.39. The van der Waals surface area contributed by atoms with Crippen LogP contribution in [-0.2, 0) is 11.4 Å². The minimum Gasteiger partial charge on any atom is -0.493 e. The number of H-pyrrole nitrogens is 1. The number of amides is 1. The lowest BCUT2D eigenvalue weighted by molar-refractivity contribution is -0.119. The number of halogens is 1. The highest BCUT2D eigenvalue weighted by molar-refractivity contribution is 7.99. The number of nitrogens with zero attached hydrogens (tertiary/aromatic N) is 2. The predicted molar refractivity (Wildman–Crippen MR) is 110 cm³/mol. The van der Waals surface area contributed by atoms with Crippen LogP contribution >= 0.6 is 23.4 Å². The summed E-state index contributed by atoms with van der Waals surface area (Å²) < 4.78 is 11.3. The number of aromatic amines is 1. The van der Waals surface area contributed by atoms with Crippen LogP contribution in [0, 0.1) is 0 Å². The smallest absolute Gasteiger partial charge is 0.230 e. The van der Waals surface area contributed by atoms with Crippen LogP contribution in [0.2, 0.25) is 5.02 Å². The van der Waals surface area contributed by atoms with Crippen molar-refractivity contribution in [2.45, 2.75) is 24.2 Å².